The molecule has 31 heavy (non-hydrogen) atoms. The monoisotopic (exact) mass is 424 g/mol. The minimum atomic E-state index is -0.533. The lowest BCUT2D eigenvalue weighted by Gasteiger charge is -2.29. The first kappa shape index (κ1) is 24.4. The Bertz CT molecular complexity index is 816. The topological polar surface area (TPSA) is 58.6 Å². The van der Waals surface area contributed by atoms with E-state index >= 15 is 0 Å². The molecular weight excluding hydrogens is 388 g/mol. The van der Waals surface area contributed by atoms with Gasteiger partial charge in [0.15, 0.2) is 0 Å². The van der Waals surface area contributed by atoms with Crippen LogP contribution in [0.25, 0.3) is 0 Å². The number of carbonyl (C=O) groups is 2. The van der Waals surface area contributed by atoms with E-state index in [0.717, 1.165) is 36.1 Å². The molecule has 0 heterocycles. The van der Waals surface area contributed by atoms with Crippen molar-refractivity contribution in [3.05, 3.63) is 65.2 Å². The quantitative estimate of drug-likeness (QED) is 0.510. The second kappa shape index (κ2) is 12.8. The number of nitrogens with one attached hydrogen (secondary N) is 1. The Morgan fingerprint density at radius 3 is 2.16 bits per heavy atom. The normalized spacial score (nSPS) is 11.6. The Hall–Kier alpha value is -2.82. The molecule has 0 fully saturated rings. The van der Waals surface area contributed by atoms with Crippen LogP contribution in [-0.2, 0) is 29.0 Å². The van der Waals surface area contributed by atoms with E-state index in [1.165, 1.54) is 5.56 Å². The van der Waals surface area contributed by atoms with Gasteiger partial charge in [-0.2, -0.15) is 0 Å². The average molecular weight is 425 g/mol. The molecule has 0 aliphatic rings. The van der Waals surface area contributed by atoms with E-state index in [4.69, 9.17) is 4.74 Å². The van der Waals surface area contributed by atoms with Crippen molar-refractivity contribution in [1.82, 2.24) is 10.2 Å². The van der Waals surface area contributed by atoms with Crippen LogP contribution in [0.1, 0.15) is 56.7 Å². The maximum absolute atomic E-state index is 13.2. The van der Waals surface area contributed by atoms with Gasteiger partial charge in [0.05, 0.1) is 7.11 Å². The number of unbranched alkanes of at least 4 members (excludes halogenated alkanes) is 1. The number of aryl methyl sites for hydroxylation is 2. The first-order chi connectivity index (χ1) is 15.0. The van der Waals surface area contributed by atoms with Crippen molar-refractivity contribution in [2.24, 2.45) is 0 Å². The van der Waals surface area contributed by atoms with Gasteiger partial charge in [0.2, 0.25) is 11.8 Å². The Morgan fingerprint density at radius 1 is 0.968 bits per heavy atom. The third-order valence-electron chi connectivity index (χ3n) is 5.57. The third kappa shape index (κ3) is 7.74. The summed E-state index contributed by atoms with van der Waals surface area (Å²) in [6.45, 7) is 7.04. The summed E-state index contributed by atoms with van der Waals surface area (Å²) in [5.74, 6) is 0.638. The summed E-state index contributed by atoms with van der Waals surface area (Å²) in [6.07, 6.45) is 3.97. The Kier molecular flexibility index (Phi) is 10.1. The highest BCUT2D eigenvalue weighted by Gasteiger charge is 2.25. The maximum Gasteiger partial charge on any atom is 0.242 e. The zero-order chi connectivity index (χ0) is 22.6. The molecule has 2 aromatic carbocycles. The second-order valence-corrected chi connectivity index (χ2v) is 7.86. The zero-order valence-corrected chi connectivity index (χ0v) is 19.3. The molecule has 0 spiro atoms. The van der Waals surface area contributed by atoms with Gasteiger partial charge in [-0.25, -0.2) is 0 Å². The lowest BCUT2D eigenvalue weighted by Crippen LogP contribution is -2.47. The fraction of sp³-hybridized carbons (Fsp3) is 0.462. The Labute approximate surface area is 186 Å². The molecule has 1 atom stereocenters. The molecule has 2 aromatic rings. The smallest absolute Gasteiger partial charge is 0.242 e. The molecule has 0 bridgehead atoms. The molecule has 0 aromatic heterocycles. The molecule has 0 saturated heterocycles. The largest absolute Gasteiger partial charge is 0.497 e. The summed E-state index contributed by atoms with van der Waals surface area (Å²) in [5.41, 5.74) is 3.39. The number of carbonyl (C=O) groups excluding carboxylic acids is 2. The van der Waals surface area contributed by atoms with Crippen LogP contribution in [0.4, 0.5) is 0 Å². The lowest BCUT2D eigenvalue weighted by atomic mass is 10.0. The van der Waals surface area contributed by atoms with Crippen molar-refractivity contribution in [3.8, 4) is 5.75 Å². The standard InChI is InChI=1S/C26H36N2O3/c1-5-7-18-27-26(30)20(3)28(19-23-12-15-24(31-4)16-13-23)25(29)17-14-22-10-8-21(6-2)9-11-22/h8-13,15-16,20H,5-7,14,17-19H2,1-4H3,(H,27,30). The van der Waals surface area contributed by atoms with Gasteiger partial charge in [-0.3, -0.25) is 9.59 Å². The Balaban J connectivity index is 2.09. The van der Waals surface area contributed by atoms with E-state index in [9.17, 15) is 9.59 Å². The van der Waals surface area contributed by atoms with Crippen molar-refractivity contribution in [2.45, 2.75) is 65.5 Å². The molecule has 0 saturated carbocycles. The van der Waals surface area contributed by atoms with Crippen molar-refractivity contribution in [1.29, 1.82) is 0 Å². The van der Waals surface area contributed by atoms with Crippen LogP contribution in [0, 0.1) is 0 Å². The number of methoxy groups -OCH3 is 1. The van der Waals surface area contributed by atoms with Crippen LogP contribution in [-0.4, -0.2) is 36.4 Å². The van der Waals surface area contributed by atoms with Crippen LogP contribution in [0.15, 0.2) is 48.5 Å². The summed E-state index contributed by atoms with van der Waals surface area (Å²) < 4.78 is 5.22. The molecule has 2 rings (SSSR count). The maximum atomic E-state index is 13.2. The van der Waals surface area contributed by atoms with E-state index < -0.39 is 6.04 Å². The van der Waals surface area contributed by atoms with Crippen LogP contribution < -0.4 is 10.1 Å². The van der Waals surface area contributed by atoms with E-state index in [-0.39, 0.29) is 11.8 Å². The van der Waals surface area contributed by atoms with E-state index in [0.29, 0.717) is 25.9 Å². The van der Waals surface area contributed by atoms with Crippen LogP contribution >= 0.6 is 0 Å². The third-order valence-corrected chi connectivity index (χ3v) is 5.57. The van der Waals surface area contributed by atoms with Crippen LogP contribution in [0.3, 0.4) is 0 Å². The van der Waals surface area contributed by atoms with Gasteiger partial charge in [0.25, 0.3) is 0 Å². The number of amides is 2. The van der Waals surface area contributed by atoms with Gasteiger partial charge in [0.1, 0.15) is 11.8 Å². The minimum Gasteiger partial charge on any atom is -0.497 e. The molecule has 2 amide bonds. The number of ether oxygens (including phenoxy) is 1. The van der Waals surface area contributed by atoms with Crippen molar-refractivity contribution in [3.63, 3.8) is 0 Å². The summed E-state index contributed by atoms with van der Waals surface area (Å²) >= 11 is 0. The molecule has 0 radical (unpaired) electrons. The van der Waals surface area contributed by atoms with Crippen molar-refractivity contribution < 1.29 is 14.3 Å². The lowest BCUT2D eigenvalue weighted by molar-refractivity contribution is -0.140. The first-order valence-electron chi connectivity index (χ1n) is 11.3. The summed E-state index contributed by atoms with van der Waals surface area (Å²) in [5, 5.41) is 2.96. The highest BCUT2D eigenvalue weighted by Crippen LogP contribution is 2.16. The number of benzene rings is 2. The van der Waals surface area contributed by atoms with Gasteiger partial charge in [-0.15, -0.1) is 0 Å². The first-order valence-corrected chi connectivity index (χ1v) is 11.3. The van der Waals surface area contributed by atoms with Gasteiger partial charge >= 0.3 is 0 Å². The summed E-state index contributed by atoms with van der Waals surface area (Å²) in [4.78, 5) is 27.5. The summed E-state index contributed by atoms with van der Waals surface area (Å²) in [6, 6.07) is 15.5. The average Bonchev–Trinajstić information content (AvgIpc) is 2.81. The van der Waals surface area contributed by atoms with E-state index in [1.54, 1.807) is 18.9 Å². The van der Waals surface area contributed by atoms with E-state index in [2.05, 4.69) is 43.4 Å². The molecule has 5 nitrogen and oxygen atoms in total. The van der Waals surface area contributed by atoms with Crippen molar-refractivity contribution >= 4 is 11.8 Å². The molecule has 5 heteroatoms. The predicted molar refractivity (Wildman–Crippen MR) is 125 cm³/mol. The van der Waals surface area contributed by atoms with E-state index in [1.807, 2.05) is 24.3 Å². The molecule has 0 aliphatic heterocycles. The molecule has 0 aliphatic carbocycles. The molecule has 1 unspecified atom stereocenters. The Morgan fingerprint density at radius 2 is 1.58 bits per heavy atom. The number of hydrogen-bond acceptors (Lipinski definition) is 3. The predicted octanol–water partition coefficient (Wildman–Crippen LogP) is 4.52. The summed E-state index contributed by atoms with van der Waals surface area (Å²) in [7, 11) is 1.63. The van der Waals surface area contributed by atoms with Crippen LogP contribution in [0.2, 0.25) is 0 Å². The number of rotatable bonds is 12. The minimum absolute atomic E-state index is 0.0199. The highest BCUT2D eigenvalue weighted by atomic mass is 16.5. The second-order valence-electron chi connectivity index (χ2n) is 7.86. The fourth-order valence-electron chi connectivity index (χ4n) is 3.38. The molecule has 1 N–H and O–H groups in total. The van der Waals surface area contributed by atoms with Gasteiger partial charge in [-0.1, -0.05) is 56.7 Å². The van der Waals surface area contributed by atoms with Gasteiger partial charge in [0, 0.05) is 19.5 Å². The molecule has 168 valence electrons. The van der Waals surface area contributed by atoms with Crippen LogP contribution in [0.5, 0.6) is 5.75 Å². The SMILES string of the molecule is CCCCNC(=O)C(C)N(Cc1ccc(OC)cc1)C(=O)CCc1ccc(CC)cc1. The highest BCUT2D eigenvalue weighted by molar-refractivity contribution is 5.87. The fourth-order valence-corrected chi connectivity index (χ4v) is 3.38. The van der Waals surface area contributed by atoms with Gasteiger partial charge in [-0.05, 0) is 55.0 Å². The van der Waals surface area contributed by atoms with Crippen molar-refractivity contribution in [2.75, 3.05) is 13.7 Å². The number of nitrogens with zero attached hydrogens (tertiary/aromatic N) is 1. The zero-order valence-electron chi connectivity index (χ0n) is 19.3. The van der Waals surface area contributed by atoms with Gasteiger partial charge < -0.3 is 15.0 Å². The molecular formula is C26H36N2O3. The number of hydrogen-bond donors (Lipinski definition) is 1.